The van der Waals surface area contributed by atoms with Gasteiger partial charge in [-0.25, -0.2) is 0 Å². The van der Waals surface area contributed by atoms with E-state index in [0.717, 1.165) is 0 Å². The van der Waals surface area contributed by atoms with E-state index in [2.05, 4.69) is 135 Å². The lowest BCUT2D eigenvalue weighted by atomic mass is 10.1. The van der Waals surface area contributed by atoms with Gasteiger partial charge in [-0.2, -0.15) is 0 Å². The number of hydrogen-bond donors (Lipinski definition) is 0. The smallest absolute Gasteiger partial charge is 0.0351 e. The molecule has 0 N–H and O–H groups in total. The molecule has 1 aliphatic carbocycles. The molecule has 0 saturated carbocycles. The second-order valence-electron chi connectivity index (χ2n) is 27.8. The third-order valence-electron chi connectivity index (χ3n) is 18.5. The zero-order chi connectivity index (χ0) is 64.2. The van der Waals surface area contributed by atoms with Crippen molar-refractivity contribution in [3.8, 4) is 0 Å². The molecule has 0 aromatic carbocycles. The van der Waals surface area contributed by atoms with Crippen molar-refractivity contribution >= 4 is 0 Å². The highest BCUT2D eigenvalue weighted by Gasteiger charge is 1.97. The largest absolute Gasteiger partial charge is 0.0885 e. The lowest BCUT2D eigenvalue weighted by Gasteiger charge is -2.00. The van der Waals surface area contributed by atoms with Crippen molar-refractivity contribution < 1.29 is 0 Å². The van der Waals surface area contributed by atoms with Gasteiger partial charge in [-0.05, 0) is 257 Å². The van der Waals surface area contributed by atoms with E-state index in [1.165, 1.54) is 437 Å². The van der Waals surface area contributed by atoms with Gasteiger partial charge in [-0.1, -0.05) is 315 Å². The maximum absolute atomic E-state index is 2.46. The molecule has 1 rings (SSSR count). The van der Waals surface area contributed by atoms with Crippen LogP contribution in [0.1, 0.15) is 450 Å². The molecule has 0 fully saturated rings. The Morgan fingerprint density at radius 1 is 0.111 bits per heavy atom. The first-order chi connectivity index (χ1) is 44.9. The third kappa shape index (κ3) is 85.4. The molecule has 1 aliphatic rings. The average Bonchev–Trinajstić information content (AvgIpc) is 3.55. The molecule has 0 spiro atoms. The van der Waals surface area contributed by atoms with E-state index in [1.807, 2.05) is 0 Å². The van der Waals surface area contributed by atoms with Crippen LogP contribution in [0.2, 0.25) is 0 Å². The fourth-order valence-electron chi connectivity index (χ4n) is 12.3. The second-order valence-corrected chi connectivity index (χ2v) is 27.8. The van der Waals surface area contributed by atoms with E-state index in [1.54, 1.807) is 0 Å². The summed E-state index contributed by atoms with van der Waals surface area (Å²) in [5.41, 5.74) is 0. The molecular weight excluding hydrogens is 1080 g/mol. The Morgan fingerprint density at radius 3 is 0.267 bits per heavy atom. The van der Waals surface area contributed by atoms with Crippen LogP contribution in [-0.4, -0.2) is 0 Å². The Balaban J connectivity index is 0.00000722. The summed E-state index contributed by atoms with van der Waals surface area (Å²) in [5, 5.41) is 0. The first-order valence-corrected chi connectivity index (χ1v) is 41.4. The van der Waals surface area contributed by atoms with Gasteiger partial charge in [-0.15, -0.1) is 0 Å². The SMILES string of the molecule is C1=CCCCCCCC=CCCCCCCC=CCCCCCCC=CCCCCCCC=CCCCCCCC=CCCCCCCC=CCCCCCCC=CCCCCCCC=CCCCCCCC=CCCCCCC1.CCCCCCCCCC. The van der Waals surface area contributed by atoms with Crippen LogP contribution < -0.4 is 0 Å². The van der Waals surface area contributed by atoms with Crippen molar-refractivity contribution in [2.75, 3.05) is 0 Å². The molecule has 0 unspecified atom stereocenters. The van der Waals surface area contributed by atoms with Crippen LogP contribution in [0.25, 0.3) is 0 Å². The second kappa shape index (κ2) is 86.4. The minimum atomic E-state index is 1.28. The summed E-state index contributed by atoms with van der Waals surface area (Å²) in [6, 6.07) is 0. The lowest BCUT2D eigenvalue weighted by molar-refractivity contribution is 0.585. The van der Waals surface area contributed by atoms with Crippen molar-refractivity contribution in [2.45, 2.75) is 450 Å². The summed E-state index contributed by atoms with van der Waals surface area (Å²) in [4.78, 5) is 0. The molecule has 0 saturated heterocycles. The molecule has 0 amide bonds. The van der Waals surface area contributed by atoms with E-state index in [-0.39, 0.29) is 0 Å². The van der Waals surface area contributed by atoms with Gasteiger partial charge in [0.15, 0.2) is 0 Å². The van der Waals surface area contributed by atoms with E-state index < -0.39 is 0 Å². The molecule has 0 nitrogen and oxygen atoms in total. The molecule has 0 aliphatic heterocycles. The van der Waals surface area contributed by atoms with Crippen LogP contribution in [0, 0.1) is 0 Å². The highest BCUT2D eigenvalue weighted by molar-refractivity contribution is 4.88. The Hall–Kier alpha value is -2.60. The molecule has 0 aromatic heterocycles. The number of allylic oxidation sites excluding steroid dienone is 20. The Kier molecular flexibility index (Phi) is 83.9. The van der Waals surface area contributed by atoms with E-state index in [0.29, 0.717) is 0 Å². The molecule has 0 radical (unpaired) electrons. The Labute approximate surface area is 568 Å². The summed E-state index contributed by atoms with van der Waals surface area (Å²) in [6.45, 7) is 4.54. The predicted octanol–water partition coefficient (Wildman–Crippen LogP) is 33.1. The van der Waals surface area contributed by atoms with E-state index in [9.17, 15) is 0 Å². The zero-order valence-electron chi connectivity index (χ0n) is 61.6. The maximum atomic E-state index is 2.46. The van der Waals surface area contributed by atoms with Gasteiger partial charge in [0.2, 0.25) is 0 Å². The molecule has 0 heteroatoms. The third-order valence-corrected chi connectivity index (χ3v) is 18.5. The monoisotopic (exact) mass is 1240 g/mol. The van der Waals surface area contributed by atoms with Gasteiger partial charge in [0.1, 0.15) is 0 Å². The lowest BCUT2D eigenvalue weighted by Crippen LogP contribution is -1.80. The van der Waals surface area contributed by atoms with Crippen LogP contribution >= 0.6 is 0 Å². The first-order valence-electron chi connectivity index (χ1n) is 41.4. The quantitative estimate of drug-likeness (QED) is 0.176. The van der Waals surface area contributed by atoms with E-state index >= 15 is 0 Å². The van der Waals surface area contributed by atoms with Gasteiger partial charge in [-0.3, -0.25) is 0 Å². The van der Waals surface area contributed by atoms with Gasteiger partial charge in [0, 0.05) is 0 Å². The summed E-state index contributed by atoms with van der Waals surface area (Å²) in [6.07, 6.45) is 141. The standard InChI is InChI=1S/C80H140.C10H22/c1-2-4-6-8-10-12-14-16-18-20-22-24-26-28-30-32-34-36-38-40-42-44-46-48-50-52-54-56-58-60-62-64-66-68-70-72-74-76-78-80-79-77-75-73-71-69-67-65-63-61-59-57-55-53-51-49-47-45-43-41-39-37-35-33-31-29-27-25-23-21-19-17-15-13-11-9-7-5-3-1;1-3-5-7-9-10-8-6-4-2/h1-2,15-18,31-34,47-50,63-66,79-80H,3-14,19-30,35-46,51-62,67-78H2;3-10H2,1-2H3. The average molecular weight is 1240 g/mol. The van der Waals surface area contributed by atoms with Crippen LogP contribution in [0.5, 0.6) is 0 Å². The van der Waals surface area contributed by atoms with Crippen molar-refractivity contribution in [2.24, 2.45) is 0 Å². The van der Waals surface area contributed by atoms with E-state index in [4.69, 9.17) is 0 Å². The zero-order valence-corrected chi connectivity index (χ0v) is 61.6. The first kappa shape index (κ1) is 87.4. The topological polar surface area (TPSA) is 0 Å². The summed E-state index contributed by atoms with van der Waals surface area (Å²) >= 11 is 0. The fraction of sp³-hybridized carbons (Fsp3) is 0.778. The molecular formula is C90H162. The predicted molar refractivity (Wildman–Crippen MR) is 417 cm³/mol. The van der Waals surface area contributed by atoms with Crippen LogP contribution in [0.15, 0.2) is 122 Å². The summed E-state index contributed by atoms with van der Waals surface area (Å²) in [5.74, 6) is 0. The van der Waals surface area contributed by atoms with Gasteiger partial charge in [0.05, 0.1) is 0 Å². The molecule has 0 aromatic rings. The highest BCUT2D eigenvalue weighted by atomic mass is 14.0. The Bertz CT molecular complexity index is 1110. The molecule has 0 heterocycles. The highest BCUT2D eigenvalue weighted by Crippen LogP contribution is 2.17. The minimum Gasteiger partial charge on any atom is -0.0885 e. The minimum absolute atomic E-state index is 1.28. The molecule has 522 valence electrons. The summed E-state index contributed by atoms with van der Waals surface area (Å²) in [7, 11) is 0. The van der Waals surface area contributed by atoms with Crippen LogP contribution in [0.3, 0.4) is 0 Å². The number of rotatable bonds is 7. The van der Waals surface area contributed by atoms with Crippen molar-refractivity contribution in [1.82, 2.24) is 0 Å². The fourth-order valence-corrected chi connectivity index (χ4v) is 12.3. The Morgan fingerprint density at radius 2 is 0.189 bits per heavy atom. The normalized spacial score (nSPS) is 20.7. The molecule has 0 bridgehead atoms. The number of hydrogen-bond acceptors (Lipinski definition) is 0. The van der Waals surface area contributed by atoms with Crippen molar-refractivity contribution in [3.05, 3.63) is 122 Å². The van der Waals surface area contributed by atoms with Gasteiger partial charge < -0.3 is 0 Å². The molecule has 0 atom stereocenters. The molecule has 90 heavy (non-hydrogen) atoms. The van der Waals surface area contributed by atoms with Crippen LogP contribution in [0.4, 0.5) is 0 Å². The van der Waals surface area contributed by atoms with Gasteiger partial charge >= 0.3 is 0 Å². The van der Waals surface area contributed by atoms with Crippen molar-refractivity contribution in [1.29, 1.82) is 0 Å². The van der Waals surface area contributed by atoms with Crippen LogP contribution in [-0.2, 0) is 0 Å². The van der Waals surface area contributed by atoms with Gasteiger partial charge in [0.25, 0.3) is 0 Å². The number of unbranched alkanes of at least 4 members (excludes halogenated alkanes) is 7. The maximum Gasteiger partial charge on any atom is -0.0351 e. The van der Waals surface area contributed by atoms with Crippen molar-refractivity contribution in [3.63, 3.8) is 0 Å². The summed E-state index contributed by atoms with van der Waals surface area (Å²) < 4.78 is 0.